The highest BCUT2D eigenvalue weighted by atomic mass is 16.6. The van der Waals surface area contributed by atoms with Gasteiger partial charge in [-0.2, -0.15) is 0 Å². The van der Waals surface area contributed by atoms with Crippen LogP contribution in [0.5, 0.6) is 0 Å². The molecule has 42 heavy (non-hydrogen) atoms. The Kier molecular flexibility index (Phi) is 14.8. The average molecular weight is 589 g/mol. The summed E-state index contributed by atoms with van der Waals surface area (Å²) in [6.45, 7) is 5.01. The molecule has 10 nitrogen and oxygen atoms in total. The second-order valence-corrected chi connectivity index (χ2v) is 12.5. The standard InChI is InChI=1S/C32H50N4O6/c1-26(19-34-31(39)41-25-29(38)22-35(2,3)20-27-14-8-6-9-15-27)13-12-18-33-32(40)42-30(24-37)23-36(4,5)21-28-16-10-7-11-17-28/h6-11,14-17,26,29-30,37-38H,12-13,18-25H2,1-5H3/p+2. The SMILES string of the molecule is CC(CCCNC(=O)OC(CO)C[N+](C)(C)Cc1ccccc1)CNC(=O)OCC(O)C[N+](C)(C)Cc1ccccc1. The molecule has 0 aromatic heterocycles. The quantitative estimate of drug-likeness (QED) is 0.157. The Bertz CT molecular complexity index is 1050. The number of carbonyl (C=O) groups excluding carboxylic acids is 2. The summed E-state index contributed by atoms with van der Waals surface area (Å²) in [5.74, 6) is 0.169. The molecular weight excluding hydrogens is 536 g/mol. The summed E-state index contributed by atoms with van der Waals surface area (Å²) in [4.78, 5) is 24.4. The molecule has 10 heteroatoms. The van der Waals surface area contributed by atoms with Gasteiger partial charge in [0, 0.05) is 24.2 Å². The summed E-state index contributed by atoms with van der Waals surface area (Å²) in [7, 11) is 8.14. The number of hydrogen-bond donors (Lipinski definition) is 4. The van der Waals surface area contributed by atoms with Crippen molar-refractivity contribution in [3.8, 4) is 0 Å². The van der Waals surface area contributed by atoms with Crippen LogP contribution in [0.2, 0.25) is 0 Å². The van der Waals surface area contributed by atoms with Gasteiger partial charge in [-0.1, -0.05) is 67.6 Å². The van der Waals surface area contributed by atoms with Crippen molar-refractivity contribution in [1.82, 2.24) is 10.6 Å². The lowest BCUT2D eigenvalue weighted by Crippen LogP contribution is -2.47. The Morgan fingerprint density at radius 2 is 1.38 bits per heavy atom. The van der Waals surface area contributed by atoms with Gasteiger partial charge in [-0.15, -0.1) is 0 Å². The molecule has 234 valence electrons. The average Bonchev–Trinajstić information content (AvgIpc) is 2.93. The molecule has 2 rings (SSSR count). The van der Waals surface area contributed by atoms with Crippen LogP contribution in [0, 0.1) is 5.92 Å². The number of aliphatic hydroxyl groups excluding tert-OH is 2. The second kappa shape index (κ2) is 17.7. The molecule has 0 aliphatic rings. The molecule has 0 radical (unpaired) electrons. The summed E-state index contributed by atoms with van der Waals surface area (Å²) >= 11 is 0. The normalized spacial score (nSPS) is 14.0. The molecule has 0 heterocycles. The van der Waals surface area contributed by atoms with Crippen LogP contribution >= 0.6 is 0 Å². The molecule has 0 saturated heterocycles. The first-order chi connectivity index (χ1) is 19.9. The van der Waals surface area contributed by atoms with E-state index >= 15 is 0 Å². The predicted molar refractivity (Wildman–Crippen MR) is 163 cm³/mol. The van der Waals surface area contributed by atoms with E-state index in [2.05, 4.69) is 34.9 Å². The van der Waals surface area contributed by atoms with Gasteiger partial charge in [0.15, 0.2) is 6.10 Å². The third-order valence-corrected chi connectivity index (χ3v) is 6.93. The molecular formula is C32H52N4O6+2. The number of amides is 2. The van der Waals surface area contributed by atoms with E-state index in [4.69, 9.17) is 9.47 Å². The third-order valence-electron chi connectivity index (χ3n) is 6.93. The Balaban J connectivity index is 1.57. The van der Waals surface area contributed by atoms with Crippen LogP contribution in [-0.2, 0) is 22.6 Å². The fraction of sp³-hybridized carbons (Fsp3) is 0.562. The van der Waals surface area contributed by atoms with E-state index in [9.17, 15) is 19.8 Å². The Hall–Kier alpha value is -3.18. The summed E-state index contributed by atoms with van der Waals surface area (Å²) in [6.07, 6.45) is -0.993. The first kappa shape index (κ1) is 35.0. The van der Waals surface area contributed by atoms with Crippen LogP contribution in [0.1, 0.15) is 30.9 Å². The van der Waals surface area contributed by atoms with E-state index in [1.807, 2.05) is 71.5 Å². The van der Waals surface area contributed by atoms with E-state index in [-0.39, 0.29) is 19.1 Å². The Morgan fingerprint density at radius 3 is 1.93 bits per heavy atom. The van der Waals surface area contributed by atoms with Crippen molar-refractivity contribution in [3.05, 3.63) is 71.8 Å². The predicted octanol–water partition coefficient (Wildman–Crippen LogP) is 3.13. The van der Waals surface area contributed by atoms with Crippen LogP contribution in [0.3, 0.4) is 0 Å². The lowest BCUT2D eigenvalue weighted by atomic mass is 10.1. The fourth-order valence-electron chi connectivity index (χ4n) is 5.01. The molecule has 2 aromatic rings. The number of ether oxygens (including phenoxy) is 2. The van der Waals surface area contributed by atoms with Crippen LogP contribution in [-0.4, -0.2) is 111 Å². The van der Waals surface area contributed by atoms with Crippen LogP contribution in [0.15, 0.2) is 60.7 Å². The largest absolute Gasteiger partial charge is 0.447 e. The van der Waals surface area contributed by atoms with Crippen LogP contribution in [0.4, 0.5) is 9.59 Å². The maximum Gasteiger partial charge on any atom is 0.407 e. The third kappa shape index (κ3) is 15.2. The molecule has 0 aliphatic heterocycles. The number of alkyl carbamates (subject to hydrolysis) is 2. The zero-order chi connectivity index (χ0) is 31.0. The van der Waals surface area contributed by atoms with Crippen molar-refractivity contribution >= 4 is 12.2 Å². The number of rotatable bonds is 18. The summed E-state index contributed by atoms with van der Waals surface area (Å²) in [6, 6.07) is 20.1. The van der Waals surface area contributed by atoms with Gasteiger partial charge in [0.2, 0.25) is 0 Å². The Morgan fingerprint density at radius 1 is 0.833 bits per heavy atom. The van der Waals surface area contributed by atoms with Crippen molar-refractivity contribution in [3.63, 3.8) is 0 Å². The minimum absolute atomic E-state index is 0.0696. The Labute approximate surface area is 251 Å². The van der Waals surface area contributed by atoms with Crippen molar-refractivity contribution in [2.75, 3.05) is 67.6 Å². The second-order valence-electron chi connectivity index (χ2n) is 12.5. The highest BCUT2D eigenvalue weighted by Crippen LogP contribution is 2.12. The van der Waals surface area contributed by atoms with Gasteiger partial charge in [0.25, 0.3) is 0 Å². The lowest BCUT2D eigenvalue weighted by Gasteiger charge is -2.32. The molecule has 2 amide bonds. The van der Waals surface area contributed by atoms with Crippen LogP contribution < -0.4 is 10.6 Å². The minimum atomic E-state index is -0.767. The van der Waals surface area contributed by atoms with E-state index in [0.29, 0.717) is 41.6 Å². The summed E-state index contributed by atoms with van der Waals surface area (Å²) in [5, 5.41) is 25.6. The highest BCUT2D eigenvalue weighted by molar-refractivity contribution is 5.67. The monoisotopic (exact) mass is 588 g/mol. The summed E-state index contributed by atoms with van der Waals surface area (Å²) in [5.41, 5.74) is 2.36. The van der Waals surface area contributed by atoms with E-state index < -0.39 is 24.4 Å². The lowest BCUT2D eigenvalue weighted by molar-refractivity contribution is -0.906. The molecule has 0 aliphatic carbocycles. The minimum Gasteiger partial charge on any atom is -0.447 e. The van der Waals surface area contributed by atoms with Gasteiger partial charge in [0.1, 0.15) is 38.9 Å². The van der Waals surface area contributed by atoms with Gasteiger partial charge in [-0.05, 0) is 18.8 Å². The zero-order valence-electron chi connectivity index (χ0n) is 26.0. The first-order valence-corrected chi connectivity index (χ1v) is 14.7. The topological polar surface area (TPSA) is 117 Å². The molecule has 0 saturated carbocycles. The zero-order valence-corrected chi connectivity index (χ0v) is 26.0. The molecule has 0 fully saturated rings. The maximum absolute atomic E-state index is 12.3. The van der Waals surface area contributed by atoms with Crippen molar-refractivity contribution in [2.45, 2.75) is 45.1 Å². The molecule has 3 unspecified atom stereocenters. The van der Waals surface area contributed by atoms with Gasteiger partial charge in [-0.3, -0.25) is 0 Å². The number of aliphatic hydroxyl groups is 2. The molecule has 4 N–H and O–H groups in total. The van der Waals surface area contributed by atoms with Gasteiger partial charge in [0.05, 0.1) is 34.8 Å². The van der Waals surface area contributed by atoms with E-state index in [1.165, 1.54) is 11.1 Å². The number of nitrogens with zero attached hydrogens (tertiary/aromatic N) is 2. The number of likely N-dealkylation sites (N-methyl/N-ethyl adjacent to an activating group) is 2. The maximum atomic E-state index is 12.3. The van der Waals surface area contributed by atoms with Gasteiger partial charge >= 0.3 is 12.2 Å². The van der Waals surface area contributed by atoms with Crippen molar-refractivity contribution in [1.29, 1.82) is 0 Å². The molecule has 0 spiro atoms. The fourth-order valence-corrected chi connectivity index (χ4v) is 5.01. The van der Waals surface area contributed by atoms with E-state index in [0.717, 1.165) is 19.5 Å². The number of carbonyl (C=O) groups is 2. The number of quaternary nitrogens is 2. The number of nitrogens with one attached hydrogen (secondary N) is 2. The van der Waals surface area contributed by atoms with E-state index in [1.54, 1.807) is 0 Å². The summed E-state index contributed by atoms with van der Waals surface area (Å²) < 4.78 is 11.8. The van der Waals surface area contributed by atoms with Gasteiger partial charge < -0.3 is 39.3 Å². The highest BCUT2D eigenvalue weighted by Gasteiger charge is 2.25. The first-order valence-electron chi connectivity index (χ1n) is 14.7. The van der Waals surface area contributed by atoms with Crippen molar-refractivity contribution in [2.24, 2.45) is 5.92 Å². The number of hydrogen-bond acceptors (Lipinski definition) is 6. The van der Waals surface area contributed by atoms with Crippen LogP contribution in [0.25, 0.3) is 0 Å². The molecule has 2 aromatic carbocycles. The molecule has 0 bridgehead atoms. The smallest absolute Gasteiger partial charge is 0.407 e. The van der Waals surface area contributed by atoms with Gasteiger partial charge in [-0.25, -0.2) is 9.59 Å². The number of benzene rings is 2. The molecule has 3 atom stereocenters. The van der Waals surface area contributed by atoms with Crippen molar-refractivity contribution < 1.29 is 38.2 Å².